The number of carboxylic acid groups (broad SMARTS) is 1. The molecule has 1 aromatic rings. The van der Waals surface area contributed by atoms with Crippen molar-refractivity contribution in [3.8, 4) is 5.75 Å². The van der Waals surface area contributed by atoms with Crippen molar-refractivity contribution in [2.45, 2.75) is 32.3 Å². The SMILES string of the molecule is CCCCC(Oc1ccc(Cl)cc1[N+](=O)[O-])C(=O)O. The average Bonchev–Trinajstić information content (AvgIpc) is 2.35. The Balaban J connectivity index is 2.95. The molecule has 19 heavy (non-hydrogen) atoms. The van der Waals surface area contributed by atoms with E-state index in [9.17, 15) is 14.9 Å². The number of benzene rings is 1. The molecule has 0 fully saturated rings. The maximum absolute atomic E-state index is 11.0. The smallest absolute Gasteiger partial charge is 0.344 e. The zero-order valence-electron chi connectivity index (χ0n) is 10.3. The molecule has 6 nitrogen and oxygen atoms in total. The molecule has 1 unspecified atom stereocenters. The van der Waals surface area contributed by atoms with Gasteiger partial charge in [0.25, 0.3) is 0 Å². The first-order valence-corrected chi connectivity index (χ1v) is 6.17. The fourth-order valence-corrected chi connectivity index (χ4v) is 1.67. The molecule has 0 aromatic heterocycles. The second-order valence-corrected chi connectivity index (χ2v) is 4.39. The van der Waals surface area contributed by atoms with Crippen LogP contribution in [0.2, 0.25) is 5.02 Å². The third-order valence-electron chi connectivity index (χ3n) is 2.48. The molecule has 0 saturated carbocycles. The van der Waals surface area contributed by atoms with Gasteiger partial charge in [-0.25, -0.2) is 4.79 Å². The Kier molecular flexibility index (Phi) is 5.57. The number of nitrogens with zero attached hydrogens (tertiary/aromatic N) is 1. The average molecular weight is 288 g/mol. The van der Waals surface area contributed by atoms with Crippen LogP contribution >= 0.6 is 11.6 Å². The first-order valence-electron chi connectivity index (χ1n) is 5.79. The standard InChI is InChI=1S/C12H14ClNO5/c1-2-3-4-11(12(15)16)19-10-6-5-8(13)7-9(10)14(17)18/h5-7,11H,2-4H2,1H3,(H,15,16). The van der Waals surface area contributed by atoms with Crippen molar-refractivity contribution in [1.82, 2.24) is 0 Å². The van der Waals surface area contributed by atoms with E-state index >= 15 is 0 Å². The van der Waals surface area contributed by atoms with E-state index in [-0.39, 0.29) is 16.5 Å². The summed E-state index contributed by atoms with van der Waals surface area (Å²) in [6.45, 7) is 1.92. The van der Waals surface area contributed by atoms with Gasteiger partial charge in [-0.3, -0.25) is 10.1 Å². The normalized spacial score (nSPS) is 11.9. The molecular weight excluding hydrogens is 274 g/mol. The van der Waals surface area contributed by atoms with Crippen LogP contribution in [0.25, 0.3) is 0 Å². The van der Waals surface area contributed by atoms with E-state index in [1.807, 2.05) is 6.92 Å². The van der Waals surface area contributed by atoms with Crippen molar-refractivity contribution in [3.63, 3.8) is 0 Å². The highest BCUT2D eigenvalue weighted by Gasteiger charge is 2.24. The Morgan fingerprint density at radius 1 is 1.58 bits per heavy atom. The van der Waals surface area contributed by atoms with E-state index in [0.29, 0.717) is 12.8 Å². The van der Waals surface area contributed by atoms with Crippen LogP contribution in [0.4, 0.5) is 5.69 Å². The number of halogens is 1. The molecule has 1 aromatic carbocycles. The number of hydrogen-bond donors (Lipinski definition) is 1. The van der Waals surface area contributed by atoms with Crippen molar-refractivity contribution >= 4 is 23.3 Å². The van der Waals surface area contributed by atoms with E-state index in [2.05, 4.69) is 0 Å². The lowest BCUT2D eigenvalue weighted by atomic mass is 10.1. The number of rotatable bonds is 7. The lowest BCUT2D eigenvalue weighted by Gasteiger charge is -2.14. The molecule has 1 N–H and O–H groups in total. The van der Waals surface area contributed by atoms with Gasteiger partial charge in [0.1, 0.15) is 0 Å². The van der Waals surface area contributed by atoms with Gasteiger partial charge in [-0.2, -0.15) is 0 Å². The van der Waals surface area contributed by atoms with Gasteiger partial charge >= 0.3 is 11.7 Å². The highest BCUT2D eigenvalue weighted by Crippen LogP contribution is 2.31. The number of carbonyl (C=O) groups is 1. The van der Waals surface area contributed by atoms with Crippen LogP contribution in [0.5, 0.6) is 5.75 Å². The summed E-state index contributed by atoms with van der Waals surface area (Å²) in [5.41, 5.74) is -0.338. The first kappa shape index (κ1) is 15.2. The first-order chi connectivity index (χ1) is 8.95. The molecule has 0 saturated heterocycles. The number of nitro groups is 1. The van der Waals surface area contributed by atoms with Crippen molar-refractivity contribution in [1.29, 1.82) is 0 Å². The van der Waals surface area contributed by atoms with Gasteiger partial charge in [-0.1, -0.05) is 24.9 Å². The maximum atomic E-state index is 11.0. The molecule has 1 atom stereocenters. The Morgan fingerprint density at radius 3 is 2.79 bits per heavy atom. The zero-order valence-corrected chi connectivity index (χ0v) is 11.1. The maximum Gasteiger partial charge on any atom is 0.344 e. The molecule has 0 aliphatic heterocycles. The van der Waals surface area contributed by atoms with Crippen molar-refractivity contribution in [2.75, 3.05) is 0 Å². The molecule has 0 radical (unpaired) electrons. The van der Waals surface area contributed by atoms with Crippen LogP contribution in [0.3, 0.4) is 0 Å². The van der Waals surface area contributed by atoms with Gasteiger partial charge in [0, 0.05) is 11.1 Å². The largest absolute Gasteiger partial charge is 0.479 e. The number of unbranched alkanes of at least 4 members (excludes halogenated alkanes) is 1. The van der Waals surface area contributed by atoms with E-state index in [1.54, 1.807) is 0 Å². The summed E-state index contributed by atoms with van der Waals surface area (Å²) in [5.74, 6) is -1.23. The van der Waals surface area contributed by atoms with Gasteiger partial charge < -0.3 is 9.84 Å². The van der Waals surface area contributed by atoms with Gasteiger partial charge in [-0.15, -0.1) is 0 Å². The predicted octanol–water partition coefficient (Wildman–Crippen LogP) is 3.27. The van der Waals surface area contributed by atoms with Crippen molar-refractivity contribution < 1.29 is 19.6 Å². The Bertz CT molecular complexity index is 477. The van der Waals surface area contributed by atoms with Crippen LogP contribution in [0, 0.1) is 10.1 Å². The van der Waals surface area contributed by atoms with Crippen molar-refractivity contribution in [3.05, 3.63) is 33.3 Å². The van der Waals surface area contributed by atoms with Crippen molar-refractivity contribution in [2.24, 2.45) is 0 Å². The third kappa shape index (κ3) is 4.40. The van der Waals surface area contributed by atoms with Gasteiger partial charge in [0.2, 0.25) is 0 Å². The highest BCUT2D eigenvalue weighted by molar-refractivity contribution is 6.30. The summed E-state index contributed by atoms with van der Waals surface area (Å²) in [4.78, 5) is 21.2. The van der Waals surface area contributed by atoms with Gasteiger partial charge in [0.05, 0.1) is 4.92 Å². The van der Waals surface area contributed by atoms with Crippen LogP contribution in [0.15, 0.2) is 18.2 Å². The number of hydrogen-bond acceptors (Lipinski definition) is 4. The summed E-state index contributed by atoms with van der Waals surface area (Å²) in [6, 6.07) is 3.86. The Hall–Kier alpha value is -1.82. The minimum Gasteiger partial charge on any atom is -0.479 e. The number of ether oxygens (including phenoxy) is 1. The van der Waals surface area contributed by atoms with E-state index in [4.69, 9.17) is 21.4 Å². The fraction of sp³-hybridized carbons (Fsp3) is 0.417. The summed E-state index contributed by atoms with van der Waals surface area (Å²) < 4.78 is 5.23. The van der Waals surface area contributed by atoms with Gasteiger partial charge in [0.15, 0.2) is 11.9 Å². The van der Waals surface area contributed by atoms with Crippen LogP contribution in [-0.4, -0.2) is 22.1 Å². The monoisotopic (exact) mass is 287 g/mol. The van der Waals surface area contributed by atoms with E-state index < -0.39 is 17.0 Å². The molecule has 0 heterocycles. The van der Waals surface area contributed by atoms with Crippen LogP contribution in [-0.2, 0) is 4.79 Å². The number of nitro benzene ring substituents is 1. The predicted molar refractivity (Wildman–Crippen MR) is 69.7 cm³/mol. The molecule has 0 bridgehead atoms. The second kappa shape index (κ2) is 6.94. The number of aliphatic carboxylic acids is 1. The van der Waals surface area contributed by atoms with Crippen LogP contribution in [0.1, 0.15) is 26.2 Å². The molecular formula is C12H14ClNO5. The van der Waals surface area contributed by atoms with E-state index in [1.165, 1.54) is 12.1 Å². The van der Waals surface area contributed by atoms with E-state index in [0.717, 1.165) is 12.5 Å². The molecule has 0 aliphatic carbocycles. The molecule has 0 aliphatic rings. The fourth-order valence-electron chi connectivity index (χ4n) is 1.51. The summed E-state index contributed by atoms with van der Waals surface area (Å²) >= 11 is 5.67. The molecule has 0 spiro atoms. The lowest BCUT2D eigenvalue weighted by molar-refractivity contribution is -0.386. The minimum absolute atomic E-state index is 0.0853. The minimum atomic E-state index is -1.14. The summed E-state index contributed by atoms with van der Waals surface area (Å²) in [7, 11) is 0. The zero-order chi connectivity index (χ0) is 14.4. The Labute approximate surface area is 115 Å². The number of carboxylic acids is 1. The van der Waals surface area contributed by atoms with Crippen LogP contribution < -0.4 is 4.74 Å². The quantitative estimate of drug-likeness (QED) is 0.614. The topological polar surface area (TPSA) is 89.7 Å². The summed E-state index contributed by atoms with van der Waals surface area (Å²) in [5, 5.41) is 20.1. The Morgan fingerprint density at radius 2 is 2.26 bits per heavy atom. The molecule has 1 rings (SSSR count). The molecule has 104 valence electrons. The second-order valence-electron chi connectivity index (χ2n) is 3.96. The molecule has 7 heteroatoms. The lowest BCUT2D eigenvalue weighted by Crippen LogP contribution is -2.27. The molecule has 0 amide bonds. The van der Waals surface area contributed by atoms with Gasteiger partial charge in [-0.05, 0) is 25.0 Å². The third-order valence-corrected chi connectivity index (χ3v) is 2.72. The highest BCUT2D eigenvalue weighted by atomic mass is 35.5. The summed E-state index contributed by atoms with van der Waals surface area (Å²) in [6.07, 6.45) is 0.680.